The number of phenolic OH excluding ortho intramolecular Hbond substituents is 1. The molecule has 3 rings (SSSR count). The summed E-state index contributed by atoms with van der Waals surface area (Å²) in [6, 6.07) is 7.40. The number of carbonyl (C=O) groups is 1. The second-order valence-electron chi connectivity index (χ2n) is 5.45. The summed E-state index contributed by atoms with van der Waals surface area (Å²) < 4.78 is 0. The summed E-state index contributed by atoms with van der Waals surface area (Å²) in [5.74, 6) is 0.546. The van der Waals surface area contributed by atoms with Gasteiger partial charge in [-0.25, -0.2) is 0 Å². The molecule has 0 saturated carbocycles. The minimum absolute atomic E-state index is 0.0201. The van der Waals surface area contributed by atoms with Gasteiger partial charge in [-0.05, 0) is 31.5 Å². The molecular formula is C15H21N3O2. The van der Waals surface area contributed by atoms with Crippen LogP contribution in [-0.2, 0) is 4.79 Å². The highest BCUT2D eigenvalue weighted by atomic mass is 16.3. The molecule has 1 aromatic rings. The molecule has 2 aliphatic rings. The average Bonchev–Trinajstić information content (AvgIpc) is 3.01. The van der Waals surface area contributed by atoms with Gasteiger partial charge in [-0.15, -0.1) is 0 Å². The standard InChI is InChI=1S/C15H21N3O2/c19-14-6-2-1-5-13(14)17-8-10-18(11-9-17)15(20)12-4-3-7-16-12/h1-2,5-6,12,16,19H,3-4,7-11H2. The Kier molecular flexibility index (Phi) is 3.78. The highest BCUT2D eigenvalue weighted by Gasteiger charge is 2.29. The maximum Gasteiger partial charge on any atom is 0.239 e. The molecule has 1 amide bonds. The van der Waals surface area contributed by atoms with E-state index in [0.29, 0.717) is 5.75 Å². The average molecular weight is 275 g/mol. The van der Waals surface area contributed by atoms with Crippen molar-refractivity contribution >= 4 is 11.6 Å². The van der Waals surface area contributed by atoms with Crippen LogP contribution in [0.2, 0.25) is 0 Å². The maximum absolute atomic E-state index is 12.3. The van der Waals surface area contributed by atoms with E-state index in [1.165, 1.54) is 0 Å². The fraction of sp³-hybridized carbons (Fsp3) is 0.533. The summed E-state index contributed by atoms with van der Waals surface area (Å²) >= 11 is 0. The van der Waals surface area contributed by atoms with Crippen molar-refractivity contribution in [3.63, 3.8) is 0 Å². The van der Waals surface area contributed by atoms with E-state index in [1.54, 1.807) is 6.07 Å². The number of benzene rings is 1. The van der Waals surface area contributed by atoms with Gasteiger partial charge in [0, 0.05) is 26.2 Å². The molecular weight excluding hydrogens is 254 g/mol. The van der Waals surface area contributed by atoms with Crippen molar-refractivity contribution < 1.29 is 9.90 Å². The number of nitrogens with one attached hydrogen (secondary N) is 1. The Morgan fingerprint density at radius 1 is 1.20 bits per heavy atom. The van der Waals surface area contributed by atoms with E-state index in [1.807, 2.05) is 23.1 Å². The molecule has 0 aliphatic carbocycles. The first-order valence-electron chi connectivity index (χ1n) is 7.31. The van der Waals surface area contributed by atoms with Crippen molar-refractivity contribution in [3.05, 3.63) is 24.3 Å². The van der Waals surface area contributed by atoms with Gasteiger partial charge in [-0.1, -0.05) is 12.1 Å². The predicted octanol–water partition coefficient (Wildman–Crippen LogP) is 0.793. The maximum atomic E-state index is 12.3. The Labute approximate surface area is 119 Å². The molecule has 1 aromatic carbocycles. The van der Waals surface area contributed by atoms with Crippen LogP contribution in [0.4, 0.5) is 5.69 Å². The number of para-hydroxylation sites is 2. The zero-order valence-electron chi connectivity index (χ0n) is 11.6. The van der Waals surface area contributed by atoms with Gasteiger partial charge in [0.15, 0.2) is 0 Å². The summed E-state index contributed by atoms with van der Waals surface area (Å²) in [6.07, 6.45) is 2.05. The van der Waals surface area contributed by atoms with Gasteiger partial charge in [0.25, 0.3) is 0 Å². The molecule has 2 aliphatic heterocycles. The van der Waals surface area contributed by atoms with Crippen molar-refractivity contribution in [1.82, 2.24) is 10.2 Å². The van der Waals surface area contributed by atoms with Gasteiger partial charge in [-0.3, -0.25) is 4.79 Å². The SMILES string of the molecule is O=C(C1CCCN1)N1CCN(c2ccccc2O)CC1. The van der Waals surface area contributed by atoms with E-state index in [2.05, 4.69) is 10.2 Å². The van der Waals surface area contributed by atoms with Crippen LogP contribution in [0.25, 0.3) is 0 Å². The molecule has 1 atom stereocenters. The lowest BCUT2D eigenvalue weighted by Gasteiger charge is -2.37. The fourth-order valence-electron chi connectivity index (χ4n) is 3.02. The van der Waals surface area contributed by atoms with Crippen LogP contribution in [0.1, 0.15) is 12.8 Å². The fourth-order valence-corrected chi connectivity index (χ4v) is 3.02. The van der Waals surface area contributed by atoms with E-state index >= 15 is 0 Å². The van der Waals surface area contributed by atoms with E-state index in [0.717, 1.165) is 51.3 Å². The minimum atomic E-state index is 0.0201. The van der Waals surface area contributed by atoms with Crippen molar-refractivity contribution in [2.24, 2.45) is 0 Å². The van der Waals surface area contributed by atoms with Crippen LogP contribution in [-0.4, -0.2) is 54.7 Å². The minimum Gasteiger partial charge on any atom is -0.506 e. The molecule has 0 radical (unpaired) electrons. The molecule has 2 heterocycles. The van der Waals surface area contributed by atoms with Crippen LogP contribution in [0, 0.1) is 0 Å². The summed E-state index contributed by atoms with van der Waals surface area (Å²) in [5, 5.41) is 13.1. The van der Waals surface area contributed by atoms with Crippen LogP contribution >= 0.6 is 0 Å². The number of carbonyl (C=O) groups excluding carboxylic acids is 1. The first-order chi connectivity index (χ1) is 9.75. The first-order valence-corrected chi connectivity index (χ1v) is 7.31. The lowest BCUT2D eigenvalue weighted by atomic mass is 10.1. The van der Waals surface area contributed by atoms with Crippen molar-refractivity contribution in [1.29, 1.82) is 0 Å². The first kappa shape index (κ1) is 13.2. The lowest BCUT2D eigenvalue weighted by Crippen LogP contribution is -2.53. The molecule has 1 unspecified atom stereocenters. The molecule has 5 nitrogen and oxygen atoms in total. The highest BCUT2D eigenvalue weighted by Crippen LogP contribution is 2.27. The second-order valence-corrected chi connectivity index (χ2v) is 5.45. The van der Waals surface area contributed by atoms with Crippen molar-refractivity contribution in [2.75, 3.05) is 37.6 Å². The largest absolute Gasteiger partial charge is 0.506 e. The zero-order valence-corrected chi connectivity index (χ0v) is 11.6. The number of hydrogen-bond acceptors (Lipinski definition) is 4. The molecule has 2 fully saturated rings. The number of aromatic hydroxyl groups is 1. The third-order valence-corrected chi connectivity index (χ3v) is 4.17. The summed E-state index contributed by atoms with van der Waals surface area (Å²) in [5.41, 5.74) is 0.860. The van der Waals surface area contributed by atoms with Crippen LogP contribution < -0.4 is 10.2 Å². The smallest absolute Gasteiger partial charge is 0.239 e. The molecule has 0 spiro atoms. The Morgan fingerprint density at radius 2 is 1.95 bits per heavy atom. The number of piperazine rings is 1. The normalized spacial score (nSPS) is 23.1. The molecule has 108 valence electrons. The number of phenols is 1. The predicted molar refractivity (Wildman–Crippen MR) is 77.9 cm³/mol. The summed E-state index contributed by atoms with van der Waals surface area (Å²) in [6.45, 7) is 3.96. The van der Waals surface area contributed by atoms with Crippen molar-refractivity contribution in [3.8, 4) is 5.75 Å². The van der Waals surface area contributed by atoms with E-state index in [-0.39, 0.29) is 11.9 Å². The molecule has 20 heavy (non-hydrogen) atoms. The Hall–Kier alpha value is -1.75. The topological polar surface area (TPSA) is 55.8 Å². The molecule has 5 heteroatoms. The monoisotopic (exact) mass is 275 g/mol. The van der Waals surface area contributed by atoms with Crippen LogP contribution in [0.15, 0.2) is 24.3 Å². The number of nitrogens with zero attached hydrogens (tertiary/aromatic N) is 2. The van der Waals surface area contributed by atoms with Gasteiger partial charge in [0.2, 0.25) is 5.91 Å². The van der Waals surface area contributed by atoms with Crippen molar-refractivity contribution in [2.45, 2.75) is 18.9 Å². The van der Waals surface area contributed by atoms with Gasteiger partial charge >= 0.3 is 0 Å². The summed E-state index contributed by atoms with van der Waals surface area (Å²) in [4.78, 5) is 16.4. The summed E-state index contributed by atoms with van der Waals surface area (Å²) in [7, 11) is 0. The molecule has 2 saturated heterocycles. The lowest BCUT2D eigenvalue weighted by molar-refractivity contribution is -0.133. The number of rotatable bonds is 2. The van der Waals surface area contributed by atoms with E-state index in [9.17, 15) is 9.90 Å². The van der Waals surface area contributed by atoms with Gasteiger partial charge in [0.1, 0.15) is 5.75 Å². The third kappa shape index (κ3) is 2.58. The Bertz CT molecular complexity index is 478. The number of hydrogen-bond donors (Lipinski definition) is 2. The van der Waals surface area contributed by atoms with Gasteiger partial charge < -0.3 is 20.2 Å². The van der Waals surface area contributed by atoms with Gasteiger partial charge in [0.05, 0.1) is 11.7 Å². The second kappa shape index (κ2) is 5.71. The van der Waals surface area contributed by atoms with E-state index in [4.69, 9.17) is 0 Å². The zero-order chi connectivity index (χ0) is 13.9. The number of anilines is 1. The molecule has 2 N–H and O–H groups in total. The molecule has 0 bridgehead atoms. The molecule has 0 aromatic heterocycles. The van der Waals surface area contributed by atoms with Crippen LogP contribution in [0.5, 0.6) is 5.75 Å². The Balaban J connectivity index is 1.59. The highest BCUT2D eigenvalue weighted by molar-refractivity contribution is 5.82. The number of amides is 1. The third-order valence-electron chi connectivity index (χ3n) is 4.17. The van der Waals surface area contributed by atoms with Crippen LogP contribution in [0.3, 0.4) is 0 Å². The Morgan fingerprint density at radius 3 is 2.60 bits per heavy atom. The van der Waals surface area contributed by atoms with E-state index < -0.39 is 0 Å². The quantitative estimate of drug-likeness (QED) is 0.838. The van der Waals surface area contributed by atoms with Gasteiger partial charge in [-0.2, -0.15) is 0 Å².